The average molecular weight is 242 g/mol. The Hall–Kier alpha value is 0.200. The second kappa shape index (κ2) is 7.49. The molecule has 0 aromatic heterocycles. The maximum atomic E-state index is 11.2. The molecule has 14 heavy (non-hydrogen) atoms. The van der Waals surface area contributed by atoms with E-state index < -0.39 is 9.84 Å². The fourth-order valence-corrected chi connectivity index (χ4v) is 2.30. The van der Waals surface area contributed by atoms with Crippen LogP contribution in [0.25, 0.3) is 0 Å². The summed E-state index contributed by atoms with van der Waals surface area (Å²) in [6, 6.07) is 0. The van der Waals surface area contributed by atoms with E-state index in [2.05, 4.69) is 11.8 Å². The average Bonchev–Trinajstić information content (AvgIpc) is 2.16. The van der Waals surface area contributed by atoms with Crippen molar-refractivity contribution in [1.82, 2.24) is 4.90 Å². The Bertz CT molecular complexity index is 229. The first kappa shape index (κ1) is 14.2. The molecule has 0 fully saturated rings. The van der Waals surface area contributed by atoms with Gasteiger partial charge in [-0.15, -0.1) is 11.6 Å². The van der Waals surface area contributed by atoms with Crippen LogP contribution in [0.3, 0.4) is 0 Å². The summed E-state index contributed by atoms with van der Waals surface area (Å²) in [5.74, 6) is 1.14. The summed E-state index contributed by atoms with van der Waals surface area (Å²) in [5.41, 5.74) is 0. The molecule has 0 rings (SSSR count). The molecule has 0 aliphatic heterocycles. The summed E-state index contributed by atoms with van der Waals surface area (Å²) in [4.78, 5) is 2.16. The standard InChI is InChI=1S/C9H20ClNO2S/c1-3-11(8-6-10)7-5-9-14(12,13)4-2/h3-9H2,1-2H3. The van der Waals surface area contributed by atoms with Crippen LogP contribution in [-0.4, -0.2) is 50.3 Å². The lowest BCUT2D eigenvalue weighted by atomic mass is 10.4. The zero-order valence-electron chi connectivity index (χ0n) is 9.00. The maximum Gasteiger partial charge on any atom is 0.150 e. The van der Waals surface area contributed by atoms with Gasteiger partial charge in [0.1, 0.15) is 9.84 Å². The number of halogens is 1. The molecule has 5 heteroatoms. The Morgan fingerprint density at radius 3 is 2.29 bits per heavy atom. The Labute approximate surface area is 92.3 Å². The minimum atomic E-state index is -2.80. The third-order valence-electron chi connectivity index (χ3n) is 2.22. The Morgan fingerprint density at radius 2 is 1.86 bits per heavy atom. The smallest absolute Gasteiger partial charge is 0.150 e. The van der Waals surface area contributed by atoms with Crippen molar-refractivity contribution in [2.24, 2.45) is 0 Å². The van der Waals surface area contributed by atoms with Crippen LogP contribution in [0.15, 0.2) is 0 Å². The molecule has 0 aromatic rings. The van der Waals surface area contributed by atoms with Gasteiger partial charge in [0.25, 0.3) is 0 Å². The van der Waals surface area contributed by atoms with Gasteiger partial charge < -0.3 is 4.90 Å². The molecular weight excluding hydrogens is 222 g/mol. The molecule has 0 aliphatic carbocycles. The molecule has 0 atom stereocenters. The van der Waals surface area contributed by atoms with Gasteiger partial charge in [-0.25, -0.2) is 8.42 Å². The molecule has 0 heterocycles. The molecule has 0 radical (unpaired) electrons. The van der Waals surface area contributed by atoms with Crippen molar-refractivity contribution in [1.29, 1.82) is 0 Å². The van der Waals surface area contributed by atoms with Gasteiger partial charge in [-0.3, -0.25) is 0 Å². The molecule has 0 aliphatic rings. The van der Waals surface area contributed by atoms with Crippen molar-refractivity contribution in [3.63, 3.8) is 0 Å². The van der Waals surface area contributed by atoms with E-state index in [9.17, 15) is 8.42 Å². The summed E-state index contributed by atoms with van der Waals surface area (Å²) in [7, 11) is -2.80. The second-order valence-electron chi connectivity index (χ2n) is 3.21. The number of hydrogen-bond donors (Lipinski definition) is 0. The van der Waals surface area contributed by atoms with Crippen LogP contribution >= 0.6 is 11.6 Å². The highest BCUT2D eigenvalue weighted by atomic mass is 35.5. The first-order valence-corrected chi connectivity index (χ1v) is 7.40. The van der Waals surface area contributed by atoms with E-state index in [4.69, 9.17) is 11.6 Å². The van der Waals surface area contributed by atoms with Gasteiger partial charge in [0, 0.05) is 18.2 Å². The molecule has 3 nitrogen and oxygen atoms in total. The highest BCUT2D eigenvalue weighted by Gasteiger charge is 2.08. The lowest BCUT2D eigenvalue weighted by Gasteiger charge is -2.18. The van der Waals surface area contributed by atoms with Gasteiger partial charge in [-0.05, 0) is 19.5 Å². The number of nitrogens with zero attached hydrogens (tertiary/aromatic N) is 1. The van der Waals surface area contributed by atoms with E-state index in [0.717, 1.165) is 19.6 Å². The lowest BCUT2D eigenvalue weighted by molar-refractivity contribution is 0.306. The Balaban J connectivity index is 3.71. The topological polar surface area (TPSA) is 37.4 Å². The van der Waals surface area contributed by atoms with Gasteiger partial charge in [0.05, 0.1) is 5.75 Å². The molecule has 0 saturated heterocycles. The molecular formula is C9H20ClNO2S. The van der Waals surface area contributed by atoms with Crippen LogP contribution in [-0.2, 0) is 9.84 Å². The van der Waals surface area contributed by atoms with Crippen molar-refractivity contribution < 1.29 is 8.42 Å². The third kappa shape index (κ3) is 6.62. The van der Waals surface area contributed by atoms with Crippen molar-refractivity contribution in [2.45, 2.75) is 20.3 Å². The Morgan fingerprint density at radius 1 is 1.21 bits per heavy atom. The summed E-state index contributed by atoms with van der Waals surface area (Å²) in [6.07, 6.45) is 0.709. The van der Waals surface area contributed by atoms with E-state index >= 15 is 0 Å². The third-order valence-corrected chi connectivity index (χ3v) is 4.18. The summed E-state index contributed by atoms with van der Waals surface area (Å²) >= 11 is 5.61. The highest BCUT2D eigenvalue weighted by Crippen LogP contribution is 1.97. The molecule has 0 unspecified atom stereocenters. The fourth-order valence-electron chi connectivity index (χ4n) is 1.20. The number of hydrogen-bond acceptors (Lipinski definition) is 3. The minimum Gasteiger partial charge on any atom is -0.302 e. The van der Waals surface area contributed by atoms with Crippen LogP contribution in [0, 0.1) is 0 Å². The molecule has 0 N–H and O–H groups in total. The quantitative estimate of drug-likeness (QED) is 0.603. The summed E-state index contributed by atoms with van der Waals surface area (Å²) < 4.78 is 22.4. The predicted octanol–water partition coefficient (Wildman–Crippen LogP) is 1.37. The van der Waals surface area contributed by atoms with E-state index in [1.165, 1.54) is 0 Å². The van der Waals surface area contributed by atoms with Crippen LogP contribution in [0.1, 0.15) is 20.3 Å². The fraction of sp³-hybridized carbons (Fsp3) is 1.00. The van der Waals surface area contributed by atoms with Crippen molar-refractivity contribution in [2.75, 3.05) is 37.0 Å². The zero-order valence-corrected chi connectivity index (χ0v) is 10.6. The number of alkyl halides is 1. The SMILES string of the molecule is CCN(CCCl)CCCS(=O)(=O)CC. The van der Waals surface area contributed by atoms with Crippen molar-refractivity contribution in [3.05, 3.63) is 0 Å². The highest BCUT2D eigenvalue weighted by molar-refractivity contribution is 7.91. The van der Waals surface area contributed by atoms with E-state index in [1.807, 2.05) is 0 Å². The van der Waals surface area contributed by atoms with Crippen LogP contribution in [0.4, 0.5) is 0 Å². The van der Waals surface area contributed by atoms with Gasteiger partial charge >= 0.3 is 0 Å². The van der Waals surface area contributed by atoms with Gasteiger partial charge in [-0.2, -0.15) is 0 Å². The normalized spacial score (nSPS) is 12.3. The minimum absolute atomic E-state index is 0.245. The zero-order chi connectivity index (χ0) is 11.0. The van der Waals surface area contributed by atoms with Crippen molar-refractivity contribution in [3.8, 4) is 0 Å². The first-order valence-electron chi connectivity index (χ1n) is 5.04. The molecule has 0 bridgehead atoms. The predicted molar refractivity (Wildman–Crippen MR) is 61.8 cm³/mol. The van der Waals surface area contributed by atoms with Crippen LogP contribution < -0.4 is 0 Å². The van der Waals surface area contributed by atoms with Gasteiger partial charge in [0.2, 0.25) is 0 Å². The molecule has 86 valence electrons. The number of sulfone groups is 1. The van der Waals surface area contributed by atoms with E-state index in [0.29, 0.717) is 18.1 Å². The lowest BCUT2D eigenvalue weighted by Crippen LogP contribution is -2.28. The van der Waals surface area contributed by atoms with Crippen molar-refractivity contribution >= 4 is 21.4 Å². The van der Waals surface area contributed by atoms with Crippen LogP contribution in [0.2, 0.25) is 0 Å². The van der Waals surface area contributed by atoms with E-state index in [-0.39, 0.29) is 5.75 Å². The first-order chi connectivity index (χ1) is 6.55. The molecule has 0 saturated carbocycles. The second-order valence-corrected chi connectivity index (χ2v) is 6.06. The summed E-state index contributed by atoms with van der Waals surface area (Å²) in [5, 5.41) is 0. The van der Waals surface area contributed by atoms with Gasteiger partial charge in [0.15, 0.2) is 0 Å². The van der Waals surface area contributed by atoms with Crippen LogP contribution in [0.5, 0.6) is 0 Å². The Kier molecular flexibility index (Phi) is 7.59. The maximum absolute atomic E-state index is 11.2. The molecule has 0 aromatic carbocycles. The number of rotatable bonds is 8. The van der Waals surface area contributed by atoms with E-state index in [1.54, 1.807) is 6.92 Å². The molecule has 0 spiro atoms. The molecule has 0 amide bonds. The van der Waals surface area contributed by atoms with Gasteiger partial charge in [-0.1, -0.05) is 13.8 Å². The monoisotopic (exact) mass is 241 g/mol. The summed E-state index contributed by atoms with van der Waals surface area (Å²) in [6.45, 7) is 6.33. The largest absolute Gasteiger partial charge is 0.302 e.